The van der Waals surface area contributed by atoms with Crippen LogP contribution in [0.1, 0.15) is 29.0 Å². The molecule has 5 heterocycles. The third-order valence-electron chi connectivity index (χ3n) is 5.32. The molecule has 0 spiro atoms. The molecule has 2 bridgehead atoms. The number of hydrogen-bond donors (Lipinski definition) is 0. The molecule has 5 heteroatoms. The molecule has 2 aromatic heterocycles. The van der Waals surface area contributed by atoms with Gasteiger partial charge in [0, 0.05) is 51.7 Å². The van der Waals surface area contributed by atoms with E-state index in [9.17, 15) is 4.79 Å². The van der Waals surface area contributed by atoms with Crippen LogP contribution in [0.25, 0.3) is 0 Å². The van der Waals surface area contributed by atoms with Gasteiger partial charge in [-0.1, -0.05) is 6.07 Å². The fourth-order valence-electron chi connectivity index (χ4n) is 4.11. The van der Waals surface area contributed by atoms with Gasteiger partial charge in [0.2, 0.25) is 0 Å². The largest absolute Gasteiger partial charge is 0.347 e. The Hall–Kier alpha value is -2.14. The highest BCUT2D eigenvalue weighted by Crippen LogP contribution is 2.29. The van der Waals surface area contributed by atoms with Crippen molar-refractivity contribution in [3.05, 3.63) is 54.1 Å². The molecule has 0 radical (unpaired) electrons. The molecule has 0 saturated carbocycles. The van der Waals surface area contributed by atoms with Crippen LogP contribution in [0.2, 0.25) is 0 Å². The second kappa shape index (κ2) is 6.40. The Bertz CT molecular complexity index is 711. The number of carbonyl (C=O) groups excluding carboxylic acids is 1. The van der Waals surface area contributed by atoms with Gasteiger partial charge in [-0.15, -0.1) is 0 Å². The van der Waals surface area contributed by atoms with Gasteiger partial charge in [0.25, 0.3) is 5.91 Å². The molecule has 0 aliphatic carbocycles. The lowest BCUT2D eigenvalue weighted by Gasteiger charge is -2.36. The monoisotopic (exact) mass is 324 g/mol. The number of pyridine rings is 1. The highest BCUT2D eigenvalue weighted by molar-refractivity contribution is 5.93. The summed E-state index contributed by atoms with van der Waals surface area (Å²) in [6.07, 6.45) is 6.13. The van der Waals surface area contributed by atoms with Crippen LogP contribution in [-0.2, 0) is 13.6 Å². The van der Waals surface area contributed by atoms with Crippen molar-refractivity contribution < 1.29 is 4.79 Å². The van der Waals surface area contributed by atoms with Crippen LogP contribution in [0.5, 0.6) is 0 Å². The molecule has 3 aliphatic rings. The molecule has 0 aromatic carbocycles. The average Bonchev–Trinajstić information content (AvgIpc) is 2.83. The molecule has 5 rings (SSSR count). The standard InChI is InChI=1S/C19H24N4O/c1-21-10-4-6-18(21)19(24)23-12-15-7-8-17(23)14-22(11-15)13-16-5-2-3-9-20-16/h2-6,9-10,15,17H,7-8,11-14H2,1H3/t15-,17+/m0/s1. The molecule has 126 valence electrons. The Morgan fingerprint density at radius 2 is 2.08 bits per heavy atom. The number of aryl methyl sites for hydroxylation is 1. The number of nitrogens with zero attached hydrogens (tertiary/aromatic N) is 4. The first-order chi connectivity index (χ1) is 11.7. The van der Waals surface area contributed by atoms with E-state index in [1.807, 2.05) is 48.3 Å². The van der Waals surface area contributed by atoms with Crippen LogP contribution in [-0.4, -0.2) is 50.9 Å². The first kappa shape index (κ1) is 15.4. The minimum Gasteiger partial charge on any atom is -0.347 e. The average molecular weight is 324 g/mol. The maximum Gasteiger partial charge on any atom is 0.270 e. The maximum atomic E-state index is 13.0. The second-order valence-corrected chi connectivity index (χ2v) is 7.07. The number of hydrogen-bond acceptors (Lipinski definition) is 3. The van der Waals surface area contributed by atoms with Crippen LogP contribution in [0.15, 0.2) is 42.7 Å². The summed E-state index contributed by atoms with van der Waals surface area (Å²) in [6, 6.07) is 10.3. The lowest BCUT2D eigenvalue weighted by molar-refractivity contribution is 0.0575. The highest BCUT2D eigenvalue weighted by atomic mass is 16.2. The minimum absolute atomic E-state index is 0.178. The summed E-state index contributed by atoms with van der Waals surface area (Å²) in [4.78, 5) is 22.0. The van der Waals surface area contributed by atoms with Gasteiger partial charge in [-0.25, -0.2) is 0 Å². The van der Waals surface area contributed by atoms with Crippen molar-refractivity contribution in [1.29, 1.82) is 0 Å². The van der Waals surface area contributed by atoms with E-state index in [1.165, 1.54) is 6.42 Å². The maximum absolute atomic E-state index is 13.0. The SMILES string of the molecule is Cn1cccc1C(=O)N1C[C@H]2CC[C@@H]1CN(Cc1ccccn1)C2. The van der Waals surface area contributed by atoms with Gasteiger partial charge in [0.15, 0.2) is 0 Å². The van der Waals surface area contributed by atoms with Crippen LogP contribution in [0.3, 0.4) is 0 Å². The molecule has 24 heavy (non-hydrogen) atoms. The molecule has 0 unspecified atom stereocenters. The molecule has 1 amide bonds. The number of rotatable bonds is 3. The van der Waals surface area contributed by atoms with Crippen LogP contribution >= 0.6 is 0 Å². The van der Waals surface area contributed by atoms with Crippen molar-refractivity contribution in [3.63, 3.8) is 0 Å². The molecule has 0 N–H and O–H groups in total. The summed E-state index contributed by atoms with van der Waals surface area (Å²) < 4.78 is 1.92. The number of fused-ring (bicyclic) bond motifs is 4. The van der Waals surface area contributed by atoms with Crippen LogP contribution in [0.4, 0.5) is 0 Å². The van der Waals surface area contributed by atoms with Crippen LogP contribution < -0.4 is 0 Å². The van der Waals surface area contributed by atoms with Gasteiger partial charge < -0.3 is 9.47 Å². The lowest BCUT2D eigenvalue weighted by atomic mass is 9.94. The van der Waals surface area contributed by atoms with E-state index in [0.717, 1.165) is 44.0 Å². The predicted octanol–water partition coefficient (Wildman–Crippen LogP) is 2.16. The zero-order chi connectivity index (χ0) is 16.5. The number of amides is 1. The second-order valence-electron chi connectivity index (χ2n) is 7.07. The quantitative estimate of drug-likeness (QED) is 0.869. The van der Waals surface area contributed by atoms with Crippen molar-refractivity contribution in [1.82, 2.24) is 19.4 Å². The zero-order valence-corrected chi connectivity index (χ0v) is 14.1. The van der Waals surface area contributed by atoms with Crippen molar-refractivity contribution in [2.24, 2.45) is 13.0 Å². The Balaban J connectivity index is 1.51. The summed E-state index contributed by atoms with van der Waals surface area (Å²) in [5, 5.41) is 0. The van der Waals surface area contributed by atoms with Crippen LogP contribution in [0, 0.1) is 5.92 Å². The summed E-state index contributed by atoms with van der Waals surface area (Å²) in [5.74, 6) is 0.744. The van der Waals surface area contributed by atoms with Gasteiger partial charge in [-0.05, 0) is 43.0 Å². The third-order valence-corrected chi connectivity index (χ3v) is 5.32. The van der Waals surface area contributed by atoms with E-state index in [-0.39, 0.29) is 5.91 Å². The van der Waals surface area contributed by atoms with E-state index >= 15 is 0 Å². The minimum atomic E-state index is 0.178. The Kier molecular flexibility index (Phi) is 4.10. The van der Waals surface area contributed by atoms with E-state index in [0.29, 0.717) is 12.0 Å². The van der Waals surface area contributed by atoms with E-state index in [4.69, 9.17) is 0 Å². The Labute approximate surface area is 142 Å². The first-order valence-corrected chi connectivity index (χ1v) is 8.75. The molecular formula is C19H24N4O. The van der Waals surface area contributed by atoms with Crippen molar-refractivity contribution in [2.45, 2.75) is 25.4 Å². The Morgan fingerprint density at radius 3 is 2.83 bits per heavy atom. The molecule has 3 aliphatic heterocycles. The van der Waals surface area contributed by atoms with Gasteiger partial charge in [-0.3, -0.25) is 14.7 Å². The zero-order valence-electron chi connectivity index (χ0n) is 14.1. The van der Waals surface area contributed by atoms with E-state index < -0.39 is 0 Å². The fraction of sp³-hybridized carbons (Fsp3) is 0.474. The summed E-state index contributed by atoms with van der Waals surface area (Å²) in [7, 11) is 1.94. The Morgan fingerprint density at radius 1 is 1.17 bits per heavy atom. The van der Waals surface area contributed by atoms with E-state index in [2.05, 4.69) is 20.9 Å². The number of aromatic nitrogens is 2. The van der Waals surface area contributed by atoms with Gasteiger partial charge >= 0.3 is 0 Å². The topological polar surface area (TPSA) is 41.4 Å². The smallest absolute Gasteiger partial charge is 0.270 e. The molecule has 3 fully saturated rings. The normalized spacial score (nSPS) is 24.1. The lowest BCUT2D eigenvalue weighted by Crippen LogP contribution is -2.47. The highest BCUT2D eigenvalue weighted by Gasteiger charge is 2.37. The number of carbonyl (C=O) groups is 1. The molecule has 3 saturated heterocycles. The summed E-state index contributed by atoms with van der Waals surface area (Å²) in [5.41, 5.74) is 1.90. The molecule has 2 atom stereocenters. The first-order valence-electron chi connectivity index (χ1n) is 8.75. The van der Waals surface area contributed by atoms with Crippen molar-refractivity contribution in [2.75, 3.05) is 19.6 Å². The van der Waals surface area contributed by atoms with Gasteiger partial charge in [0.05, 0.1) is 5.69 Å². The third kappa shape index (κ3) is 2.96. The number of piperidine rings is 1. The van der Waals surface area contributed by atoms with Crippen molar-refractivity contribution in [3.8, 4) is 0 Å². The van der Waals surface area contributed by atoms with Gasteiger partial charge in [-0.2, -0.15) is 0 Å². The van der Waals surface area contributed by atoms with Crippen molar-refractivity contribution >= 4 is 5.91 Å². The van der Waals surface area contributed by atoms with E-state index in [1.54, 1.807) is 0 Å². The summed E-state index contributed by atoms with van der Waals surface area (Å²) >= 11 is 0. The fourth-order valence-corrected chi connectivity index (χ4v) is 4.11. The molecule has 5 nitrogen and oxygen atoms in total. The van der Waals surface area contributed by atoms with Gasteiger partial charge in [0.1, 0.15) is 5.69 Å². The molecular weight excluding hydrogens is 300 g/mol. The molecule has 2 aromatic rings. The predicted molar refractivity (Wildman–Crippen MR) is 92.5 cm³/mol. The summed E-state index contributed by atoms with van der Waals surface area (Å²) in [6.45, 7) is 3.76.